The summed E-state index contributed by atoms with van der Waals surface area (Å²) in [5.41, 5.74) is 0.243. The van der Waals surface area contributed by atoms with Crippen molar-refractivity contribution in [1.82, 2.24) is 0 Å². The molecule has 0 aliphatic rings. The minimum atomic E-state index is -2.64. The SMILES string of the molecule is CCO[Si](CCCOc1ccc(C=O)c(O)c1)(OCC)OCC. The van der Waals surface area contributed by atoms with Gasteiger partial charge in [-0.3, -0.25) is 4.79 Å². The first-order valence-electron chi connectivity index (χ1n) is 7.93. The van der Waals surface area contributed by atoms with Crippen LogP contribution >= 0.6 is 0 Å². The summed E-state index contributed by atoms with van der Waals surface area (Å²) < 4.78 is 22.9. The molecular formula is C16H26O6Si. The molecule has 0 heterocycles. The van der Waals surface area contributed by atoms with E-state index in [1.807, 2.05) is 20.8 Å². The number of ether oxygens (including phenoxy) is 1. The van der Waals surface area contributed by atoms with Crippen LogP contribution in [0.15, 0.2) is 18.2 Å². The summed E-state index contributed by atoms with van der Waals surface area (Å²) in [7, 11) is -2.64. The standard InChI is InChI=1S/C16H26O6Si/c1-4-20-23(21-5-2,22-6-3)11-7-10-19-15-9-8-14(13-17)16(18)12-15/h8-9,12-13,18H,4-7,10-11H2,1-3H3. The van der Waals surface area contributed by atoms with E-state index < -0.39 is 8.80 Å². The highest BCUT2D eigenvalue weighted by Crippen LogP contribution is 2.23. The van der Waals surface area contributed by atoms with Crippen LogP contribution in [0.1, 0.15) is 37.6 Å². The van der Waals surface area contributed by atoms with E-state index in [4.69, 9.17) is 18.0 Å². The highest BCUT2D eigenvalue weighted by molar-refractivity contribution is 6.60. The lowest BCUT2D eigenvalue weighted by atomic mass is 10.2. The molecule has 0 spiro atoms. The molecule has 0 saturated heterocycles. The average Bonchev–Trinajstić information content (AvgIpc) is 2.52. The van der Waals surface area contributed by atoms with E-state index in [1.54, 1.807) is 6.07 Å². The zero-order valence-corrected chi connectivity index (χ0v) is 15.0. The van der Waals surface area contributed by atoms with Crippen LogP contribution in [0.5, 0.6) is 11.5 Å². The van der Waals surface area contributed by atoms with Gasteiger partial charge in [0.15, 0.2) is 6.29 Å². The molecule has 0 amide bonds. The third-order valence-electron chi connectivity index (χ3n) is 3.12. The Balaban J connectivity index is 2.52. The fourth-order valence-electron chi connectivity index (χ4n) is 2.19. The van der Waals surface area contributed by atoms with Crippen molar-refractivity contribution in [3.63, 3.8) is 0 Å². The largest absolute Gasteiger partial charge is 0.507 e. The van der Waals surface area contributed by atoms with E-state index in [-0.39, 0.29) is 11.3 Å². The topological polar surface area (TPSA) is 74.2 Å². The maximum absolute atomic E-state index is 10.7. The lowest BCUT2D eigenvalue weighted by molar-refractivity contribution is 0.0696. The molecule has 1 aromatic carbocycles. The van der Waals surface area contributed by atoms with E-state index in [1.165, 1.54) is 12.1 Å². The Hall–Kier alpha value is -1.41. The Morgan fingerprint density at radius 2 is 1.70 bits per heavy atom. The van der Waals surface area contributed by atoms with Crippen molar-refractivity contribution < 1.29 is 27.9 Å². The van der Waals surface area contributed by atoms with Crippen LogP contribution in [-0.2, 0) is 13.3 Å². The molecular weight excluding hydrogens is 316 g/mol. The molecule has 1 rings (SSSR count). The molecule has 0 atom stereocenters. The summed E-state index contributed by atoms with van der Waals surface area (Å²) in [5, 5.41) is 9.62. The van der Waals surface area contributed by atoms with Gasteiger partial charge in [-0.25, -0.2) is 0 Å². The molecule has 0 aromatic heterocycles. The van der Waals surface area contributed by atoms with Gasteiger partial charge in [0.25, 0.3) is 0 Å². The Morgan fingerprint density at radius 1 is 1.09 bits per heavy atom. The second kappa shape index (κ2) is 10.4. The summed E-state index contributed by atoms with van der Waals surface area (Å²) in [6.45, 7) is 7.87. The maximum Gasteiger partial charge on any atom is 0.501 e. The quantitative estimate of drug-likeness (QED) is 0.357. The number of phenolic OH excluding ortho intramolecular Hbond substituents is 1. The van der Waals surface area contributed by atoms with Gasteiger partial charge in [-0.05, 0) is 39.3 Å². The van der Waals surface area contributed by atoms with Gasteiger partial charge in [-0.15, -0.1) is 0 Å². The van der Waals surface area contributed by atoms with Crippen LogP contribution in [-0.4, -0.2) is 46.6 Å². The molecule has 0 aliphatic carbocycles. The number of benzene rings is 1. The monoisotopic (exact) mass is 342 g/mol. The molecule has 1 aromatic rings. The van der Waals surface area contributed by atoms with Crippen LogP contribution in [0, 0.1) is 0 Å². The summed E-state index contributed by atoms with van der Waals surface area (Å²) in [4.78, 5) is 10.7. The van der Waals surface area contributed by atoms with E-state index >= 15 is 0 Å². The molecule has 0 radical (unpaired) electrons. The Bertz CT molecular complexity index is 463. The first-order valence-corrected chi connectivity index (χ1v) is 9.86. The van der Waals surface area contributed by atoms with Crippen LogP contribution < -0.4 is 4.74 Å². The van der Waals surface area contributed by atoms with Crippen molar-refractivity contribution in [1.29, 1.82) is 0 Å². The lowest BCUT2D eigenvalue weighted by Gasteiger charge is -2.28. The Morgan fingerprint density at radius 3 is 2.17 bits per heavy atom. The zero-order valence-electron chi connectivity index (χ0n) is 14.0. The van der Waals surface area contributed by atoms with Gasteiger partial charge in [-0.2, -0.15) is 0 Å². The molecule has 130 valence electrons. The first-order chi connectivity index (χ1) is 11.1. The molecule has 0 saturated carbocycles. The molecule has 7 heteroatoms. The molecule has 1 N–H and O–H groups in total. The van der Waals surface area contributed by atoms with Gasteiger partial charge in [0, 0.05) is 31.9 Å². The number of rotatable bonds is 12. The molecule has 0 bridgehead atoms. The van der Waals surface area contributed by atoms with Crippen LogP contribution in [0.25, 0.3) is 0 Å². The van der Waals surface area contributed by atoms with Crippen LogP contribution in [0.2, 0.25) is 6.04 Å². The smallest absolute Gasteiger partial charge is 0.501 e. The fourth-order valence-corrected chi connectivity index (χ4v) is 4.77. The number of carbonyl (C=O) groups is 1. The summed E-state index contributed by atoms with van der Waals surface area (Å²) in [6.07, 6.45) is 1.31. The van der Waals surface area contributed by atoms with Crippen LogP contribution in [0.4, 0.5) is 0 Å². The number of phenols is 1. The van der Waals surface area contributed by atoms with Crippen molar-refractivity contribution in [2.24, 2.45) is 0 Å². The van der Waals surface area contributed by atoms with Gasteiger partial charge < -0.3 is 23.1 Å². The van der Waals surface area contributed by atoms with Crippen molar-refractivity contribution in [3.05, 3.63) is 23.8 Å². The fraction of sp³-hybridized carbons (Fsp3) is 0.562. The number of aromatic hydroxyl groups is 1. The normalized spacial score (nSPS) is 11.4. The highest BCUT2D eigenvalue weighted by atomic mass is 28.4. The van der Waals surface area contributed by atoms with Crippen molar-refractivity contribution in [2.75, 3.05) is 26.4 Å². The number of aldehydes is 1. The van der Waals surface area contributed by atoms with E-state index in [0.717, 1.165) is 0 Å². The summed E-state index contributed by atoms with van der Waals surface area (Å²) >= 11 is 0. The summed E-state index contributed by atoms with van der Waals surface area (Å²) in [6, 6.07) is 5.28. The Kier molecular flexibility index (Phi) is 8.86. The molecule has 23 heavy (non-hydrogen) atoms. The van der Waals surface area contributed by atoms with E-state index in [2.05, 4.69) is 0 Å². The van der Waals surface area contributed by atoms with Gasteiger partial charge in [-0.1, -0.05) is 0 Å². The van der Waals surface area contributed by atoms with Crippen molar-refractivity contribution in [3.8, 4) is 11.5 Å². The molecule has 0 fully saturated rings. The number of hydrogen-bond acceptors (Lipinski definition) is 6. The van der Waals surface area contributed by atoms with Crippen molar-refractivity contribution >= 4 is 15.1 Å². The third kappa shape index (κ3) is 6.30. The minimum Gasteiger partial charge on any atom is -0.507 e. The van der Waals surface area contributed by atoms with Gasteiger partial charge in [0.05, 0.1) is 12.2 Å². The lowest BCUT2D eigenvalue weighted by Crippen LogP contribution is -2.46. The predicted octanol–water partition coefficient (Wildman–Crippen LogP) is 3.02. The highest BCUT2D eigenvalue weighted by Gasteiger charge is 2.39. The predicted molar refractivity (Wildman–Crippen MR) is 89.0 cm³/mol. The second-order valence-corrected chi connectivity index (χ2v) is 7.50. The zero-order chi connectivity index (χ0) is 17.1. The maximum atomic E-state index is 10.7. The van der Waals surface area contributed by atoms with E-state index in [9.17, 15) is 9.90 Å². The van der Waals surface area contributed by atoms with Gasteiger partial charge in [0.2, 0.25) is 0 Å². The number of hydrogen-bond donors (Lipinski definition) is 1. The molecule has 6 nitrogen and oxygen atoms in total. The second-order valence-electron chi connectivity index (χ2n) is 4.77. The summed E-state index contributed by atoms with van der Waals surface area (Å²) in [5.74, 6) is 0.434. The van der Waals surface area contributed by atoms with Gasteiger partial charge in [0.1, 0.15) is 11.5 Å². The number of carbonyl (C=O) groups excluding carboxylic acids is 1. The van der Waals surface area contributed by atoms with E-state index in [0.29, 0.717) is 50.9 Å². The third-order valence-corrected chi connectivity index (χ3v) is 6.27. The average molecular weight is 342 g/mol. The first kappa shape index (κ1) is 19.6. The minimum absolute atomic E-state index is 0.0841. The van der Waals surface area contributed by atoms with Crippen LogP contribution in [0.3, 0.4) is 0 Å². The molecule has 0 unspecified atom stereocenters. The Labute approximate surface area is 138 Å². The van der Waals surface area contributed by atoms with Crippen molar-refractivity contribution in [2.45, 2.75) is 33.2 Å². The van der Waals surface area contributed by atoms with Gasteiger partial charge >= 0.3 is 8.80 Å². The molecule has 0 aliphatic heterocycles.